The summed E-state index contributed by atoms with van der Waals surface area (Å²) in [5.74, 6) is 0.239. The maximum absolute atomic E-state index is 11.6. The fourth-order valence-electron chi connectivity index (χ4n) is 1.37. The Morgan fingerprint density at radius 2 is 2.16 bits per heavy atom. The second-order valence-corrected chi connectivity index (χ2v) is 5.05. The molecule has 104 valence electrons. The maximum atomic E-state index is 11.6. The Hall–Kier alpha value is -1.40. The number of thiocarbonyl (C=S) groups is 1. The molecule has 0 spiro atoms. The van der Waals surface area contributed by atoms with E-state index in [1.165, 1.54) is 13.3 Å². The van der Waals surface area contributed by atoms with E-state index in [2.05, 4.69) is 15.6 Å². The van der Waals surface area contributed by atoms with Crippen LogP contribution in [0.3, 0.4) is 0 Å². The first-order chi connectivity index (χ1) is 8.93. The summed E-state index contributed by atoms with van der Waals surface area (Å²) in [7, 11) is 1.34. The van der Waals surface area contributed by atoms with Crippen LogP contribution in [0.2, 0.25) is 5.02 Å². The van der Waals surface area contributed by atoms with Gasteiger partial charge < -0.3 is 15.4 Å². The Balaban J connectivity index is 2.62. The summed E-state index contributed by atoms with van der Waals surface area (Å²) in [6.45, 7) is 3.80. The van der Waals surface area contributed by atoms with Crippen molar-refractivity contribution in [2.24, 2.45) is 5.92 Å². The first-order valence-electron chi connectivity index (χ1n) is 5.71. The minimum Gasteiger partial charge on any atom is -0.467 e. The molecule has 1 rings (SSSR count). The molecule has 2 N–H and O–H groups in total. The van der Waals surface area contributed by atoms with E-state index in [1.807, 2.05) is 13.8 Å². The zero-order chi connectivity index (χ0) is 14.4. The number of hydrogen-bond donors (Lipinski definition) is 2. The first-order valence-corrected chi connectivity index (χ1v) is 6.49. The highest BCUT2D eigenvalue weighted by Gasteiger charge is 2.23. The van der Waals surface area contributed by atoms with Gasteiger partial charge in [-0.25, -0.2) is 9.78 Å². The number of nitrogens with zero attached hydrogens (tertiary/aromatic N) is 1. The van der Waals surface area contributed by atoms with Crippen LogP contribution in [0, 0.1) is 5.92 Å². The second kappa shape index (κ2) is 7.25. The molecule has 0 saturated heterocycles. The van der Waals surface area contributed by atoms with E-state index in [-0.39, 0.29) is 11.9 Å². The lowest BCUT2D eigenvalue weighted by Gasteiger charge is -2.21. The quantitative estimate of drug-likeness (QED) is 0.657. The van der Waals surface area contributed by atoms with E-state index in [9.17, 15) is 4.79 Å². The van der Waals surface area contributed by atoms with Crippen molar-refractivity contribution in [2.75, 3.05) is 12.4 Å². The van der Waals surface area contributed by atoms with Gasteiger partial charge in [-0.15, -0.1) is 0 Å². The molecule has 0 amide bonds. The van der Waals surface area contributed by atoms with Crippen LogP contribution in [0.25, 0.3) is 0 Å². The number of hydrogen-bond acceptors (Lipinski definition) is 4. The number of rotatable bonds is 4. The predicted octanol–water partition coefficient (Wildman–Crippen LogP) is 2.22. The van der Waals surface area contributed by atoms with Crippen LogP contribution in [0.1, 0.15) is 13.8 Å². The van der Waals surface area contributed by atoms with Crippen molar-refractivity contribution in [2.45, 2.75) is 19.9 Å². The summed E-state index contributed by atoms with van der Waals surface area (Å²) in [5, 5.41) is 6.62. The van der Waals surface area contributed by atoms with E-state index in [0.717, 1.165) is 0 Å². The number of methoxy groups -OCH3 is 1. The summed E-state index contributed by atoms with van der Waals surface area (Å²) in [5.41, 5.74) is 0. The molecule has 0 radical (unpaired) electrons. The molecule has 7 heteroatoms. The van der Waals surface area contributed by atoms with Crippen LogP contribution < -0.4 is 10.6 Å². The number of nitrogens with one attached hydrogen (secondary N) is 2. The third-order valence-corrected chi connectivity index (χ3v) is 2.82. The molecule has 1 aromatic heterocycles. The van der Waals surface area contributed by atoms with Crippen LogP contribution in [0.5, 0.6) is 0 Å². The number of carbonyl (C=O) groups excluding carboxylic acids is 1. The average molecular weight is 302 g/mol. The van der Waals surface area contributed by atoms with Gasteiger partial charge in [0.15, 0.2) is 5.11 Å². The Morgan fingerprint density at radius 1 is 1.47 bits per heavy atom. The van der Waals surface area contributed by atoms with Crippen molar-refractivity contribution < 1.29 is 9.53 Å². The largest absolute Gasteiger partial charge is 0.467 e. The van der Waals surface area contributed by atoms with E-state index in [0.29, 0.717) is 16.0 Å². The molecular weight excluding hydrogens is 286 g/mol. The Bertz CT molecular complexity index is 451. The van der Waals surface area contributed by atoms with Crippen molar-refractivity contribution >= 4 is 40.7 Å². The zero-order valence-corrected chi connectivity index (χ0v) is 12.5. The molecule has 1 heterocycles. The molecule has 0 bridgehead atoms. The molecule has 19 heavy (non-hydrogen) atoms. The van der Waals surface area contributed by atoms with Crippen LogP contribution >= 0.6 is 23.8 Å². The highest BCUT2D eigenvalue weighted by Crippen LogP contribution is 2.10. The van der Waals surface area contributed by atoms with Crippen LogP contribution in [-0.4, -0.2) is 29.2 Å². The van der Waals surface area contributed by atoms with E-state index in [4.69, 9.17) is 28.6 Å². The molecule has 0 aromatic carbocycles. The Labute approximate surface area is 122 Å². The minimum absolute atomic E-state index is 0.0466. The fourth-order valence-corrected chi connectivity index (χ4v) is 1.71. The number of pyridine rings is 1. The molecule has 0 aliphatic rings. The summed E-state index contributed by atoms with van der Waals surface area (Å²) in [6.07, 6.45) is 1.51. The average Bonchev–Trinajstić information content (AvgIpc) is 2.37. The Morgan fingerprint density at radius 3 is 2.63 bits per heavy atom. The van der Waals surface area contributed by atoms with Gasteiger partial charge in [-0.05, 0) is 30.3 Å². The van der Waals surface area contributed by atoms with Crippen molar-refractivity contribution in [3.63, 3.8) is 0 Å². The van der Waals surface area contributed by atoms with E-state index in [1.54, 1.807) is 12.1 Å². The molecule has 0 aliphatic carbocycles. The molecule has 5 nitrogen and oxygen atoms in total. The number of halogens is 1. The number of esters is 1. The standard InChI is InChI=1S/C12H16ClN3O2S/c1-7(2)10(11(17)18-3)16-12(19)15-9-5-4-8(13)6-14-9/h4-7,10H,1-3H3,(H2,14,15,16,19)/t10-/m0/s1. The molecule has 0 fully saturated rings. The van der Waals surface area contributed by atoms with Crippen LogP contribution in [-0.2, 0) is 9.53 Å². The van der Waals surface area contributed by atoms with Crippen molar-refractivity contribution in [3.8, 4) is 0 Å². The molecule has 1 aromatic rings. The molecule has 0 saturated carbocycles. The zero-order valence-electron chi connectivity index (χ0n) is 10.9. The van der Waals surface area contributed by atoms with Gasteiger partial charge in [-0.3, -0.25) is 0 Å². The summed E-state index contributed by atoms with van der Waals surface area (Å²) in [6, 6.07) is 2.88. The smallest absolute Gasteiger partial charge is 0.328 e. The monoisotopic (exact) mass is 301 g/mol. The van der Waals surface area contributed by atoms with Gasteiger partial charge in [0.25, 0.3) is 0 Å². The van der Waals surface area contributed by atoms with Gasteiger partial charge in [0.2, 0.25) is 0 Å². The number of carbonyl (C=O) groups is 1. The maximum Gasteiger partial charge on any atom is 0.328 e. The molecular formula is C12H16ClN3O2S. The first kappa shape index (κ1) is 15.7. The lowest BCUT2D eigenvalue weighted by atomic mass is 10.1. The SMILES string of the molecule is COC(=O)[C@@H](NC(=S)Nc1ccc(Cl)cn1)C(C)C. The second-order valence-electron chi connectivity index (χ2n) is 4.20. The summed E-state index contributed by atoms with van der Waals surface area (Å²) in [4.78, 5) is 15.6. The molecule has 1 atom stereocenters. The van der Waals surface area contributed by atoms with Crippen LogP contribution in [0.4, 0.5) is 5.82 Å². The van der Waals surface area contributed by atoms with E-state index >= 15 is 0 Å². The van der Waals surface area contributed by atoms with Crippen molar-refractivity contribution in [3.05, 3.63) is 23.4 Å². The van der Waals surface area contributed by atoms with E-state index < -0.39 is 6.04 Å². The third-order valence-electron chi connectivity index (χ3n) is 2.38. The molecule has 0 unspecified atom stereocenters. The fraction of sp³-hybridized carbons (Fsp3) is 0.417. The highest BCUT2D eigenvalue weighted by molar-refractivity contribution is 7.80. The number of anilines is 1. The Kier molecular flexibility index (Phi) is 5.98. The third kappa shape index (κ3) is 5.00. The van der Waals surface area contributed by atoms with Crippen molar-refractivity contribution in [1.29, 1.82) is 0 Å². The number of aromatic nitrogens is 1. The van der Waals surface area contributed by atoms with Gasteiger partial charge in [0, 0.05) is 6.20 Å². The summed E-state index contributed by atoms with van der Waals surface area (Å²) >= 11 is 10.9. The van der Waals surface area contributed by atoms with Gasteiger partial charge in [-0.2, -0.15) is 0 Å². The number of ether oxygens (including phenoxy) is 1. The minimum atomic E-state index is -0.502. The van der Waals surface area contributed by atoms with Gasteiger partial charge in [-0.1, -0.05) is 25.4 Å². The van der Waals surface area contributed by atoms with Gasteiger partial charge in [0.1, 0.15) is 11.9 Å². The highest BCUT2D eigenvalue weighted by atomic mass is 35.5. The topological polar surface area (TPSA) is 63.2 Å². The summed E-state index contributed by atoms with van der Waals surface area (Å²) < 4.78 is 4.72. The van der Waals surface area contributed by atoms with Crippen LogP contribution in [0.15, 0.2) is 18.3 Å². The lowest BCUT2D eigenvalue weighted by Crippen LogP contribution is -2.46. The predicted molar refractivity (Wildman–Crippen MR) is 79.2 cm³/mol. The normalized spacial score (nSPS) is 11.8. The van der Waals surface area contributed by atoms with Gasteiger partial charge >= 0.3 is 5.97 Å². The van der Waals surface area contributed by atoms with Gasteiger partial charge in [0.05, 0.1) is 12.1 Å². The molecule has 0 aliphatic heterocycles. The lowest BCUT2D eigenvalue weighted by molar-refractivity contribution is -0.143. The van der Waals surface area contributed by atoms with Crippen molar-refractivity contribution in [1.82, 2.24) is 10.3 Å².